The summed E-state index contributed by atoms with van der Waals surface area (Å²) in [5.74, 6) is 1.30. The molecule has 2 rings (SSSR count). The summed E-state index contributed by atoms with van der Waals surface area (Å²) in [7, 11) is 3.20. The maximum Gasteiger partial charge on any atom is 0.161 e. The molecule has 2 aromatic rings. The predicted octanol–water partition coefficient (Wildman–Crippen LogP) is 3.60. The topological polar surface area (TPSA) is 38.7 Å². The van der Waals surface area contributed by atoms with E-state index in [2.05, 4.69) is 26.0 Å². The lowest BCUT2D eigenvalue weighted by molar-refractivity contribution is 0.177. The molecular weight excluding hydrogens is 264 g/mol. The number of hydrogen-bond donors (Lipinski definition) is 1. The Morgan fingerprint density at radius 1 is 0.952 bits per heavy atom. The quantitative estimate of drug-likeness (QED) is 0.912. The Morgan fingerprint density at radius 2 is 1.57 bits per heavy atom. The van der Waals surface area contributed by atoms with Crippen molar-refractivity contribution < 1.29 is 14.6 Å². The third-order valence-corrected chi connectivity index (χ3v) is 3.83. The van der Waals surface area contributed by atoms with Gasteiger partial charge >= 0.3 is 0 Å². The summed E-state index contributed by atoms with van der Waals surface area (Å²) in [6.07, 6.45) is 0.0261. The maximum absolute atomic E-state index is 10.5. The first kappa shape index (κ1) is 15.4. The molecule has 0 amide bonds. The lowest BCUT2D eigenvalue weighted by Crippen LogP contribution is -2.05. The lowest BCUT2D eigenvalue weighted by Gasteiger charge is -2.17. The highest BCUT2D eigenvalue weighted by atomic mass is 16.5. The van der Waals surface area contributed by atoms with Gasteiger partial charge in [-0.3, -0.25) is 0 Å². The van der Waals surface area contributed by atoms with Crippen LogP contribution in [-0.2, 0) is 6.42 Å². The average molecular weight is 286 g/mol. The molecule has 3 nitrogen and oxygen atoms in total. The van der Waals surface area contributed by atoms with Crippen molar-refractivity contribution >= 4 is 0 Å². The van der Waals surface area contributed by atoms with Gasteiger partial charge in [-0.1, -0.05) is 24.3 Å². The molecule has 0 bridgehead atoms. The molecule has 0 saturated heterocycles. The van der Waals surface area contributed by atoms with Gasteiger partial charge in [-0.15, -0.1) is 0 Å². The van der Waals surface area contributed by atoms with Crippen LogP contribution in [0.1, 0.15) is 28.4 Å². The molecule has 3 heteroatoms. The van der Waals surface area contributed by atoms with Crippen LogP contribution in [0, 0.1) is 13.8 Å². The smallest absolute Gasteiger partial charge is 0.161 e. The standard InChI is InChI=1S/C18H22O3/c1-12-6-5-7-13(2)15(12)11-16(19)14-8-9-17(20-3)18(10-14)21-4/h5-10,16,19H,11H2,1-4H3. The Bertz CT molecular complexity index is 600. The normalized spacial score (nSPS) is 12.0. The molecule has 0 heterocycles. The average Bonchev–Trinajstić information content (AvgIpc) is 2.50. The van der Waals surface area contributed by atoms with Gasteiger partial charge in [0.1, 0.15) is 0 Å². The molecule has 0 aliphatic heterocycles. The van der Waals surface area contributed by atoms with E-state index in [0.29, 0.717) is 17.9 Å². The predicted molar refractivity (Wildman–Crippen MR) is 84.1 cm³/mol. The highest BCUT2D eigenvalue weighted by Crippen LogP contribution is 2.31. The van der Waals surface area contributed by atoms with Crippen LogP contribution in [0.25, 0.3) is 0 Å². The van der Waals surface area contributed by atoms with Crippen molar-refractivity contribution in [1.82, 2.24) is 0 Å². The van der Waals surface area contributed by atoms with Gasteiger partial charge in [0.2, 0.25) is 0 Å². The van der Waals surface area contributed by atoms with Gasteiger partial charge in [0.25, 0.3) is 0 Å². The third kappa shape index (κ3) is 3.37. The van der Waals surface area contributed by atoms with Gasteiger partial charge in [0.15, 0.2) is 11.5 Å². The minimum atomic E-state index is -0.565. The van der Waals surface area contributed by atoms with Gasteiger partial charge in [-0.25, -0.2) is 0 Å². The van der Waals surface area contributed by atoms with E-state index >= 15 is 0 Å². The maximum atomic E-state index is 10.5. The van der Waals surface area contributed by atoms with Gasteiger partial charge in [-0.05, 0) is 48.2 Å². The first-order valence-electron chi connectivity index (χ1n) is 7.02. The van der Waals surface area contributed by atoms with E-state index in [1.165, 1.54) is 16.7 Å². The molecule has 21 heavy (non-hydrogen) atoms. The summed E-state index contributed by atoms with van der Waals surface area (Å²) in [6.45, 7) is 4.15. The Kier molecular flexibility index (Phi) is 4.86. The van der Waals surface area contributed by atoms with Crippen LogP contribution in [0.4, 0.5) is 0 Å². The molecule has 1 N–H and O–H groups in total. The fraction of sp³-hybridized carbons (Fsp3) is 0.333. The Balaban J connectivity index is 2.26. The summed E-state index contributed by atoms with van der Waals surface area (Å²) in [5, 5.41) is 10.5. The molecular formula is C18H22O3. The minimum Gasteiger partial charge on any atom is -0.493 e. The number of hydrogen-bond acceptors (Lipinski definition) is 3. The zero-order valence-electron chi connectivity index (χ0n) is 13.0. The molecule has 0 fully saturated rings. The number of aryl methyl sites for hydroxylation is 2. The van der Waals surface area contributed by atoms with Crippen molar-refractivity contribution in [2.45, 2.75) is 26.4 Å². The van der Waals surface area contributed by atoms with Crippen molar-refractivity contribution in [3.63, 3.8) is 0 Å². The number of methoxy groups -OCH3 is 2. The minimum absolute atomic E-state index is 0.565. The molecule has 2 aromatic carbocycles. The second kappa shape index (κ2) is 6.64. The molecule has 0 spiro atoms. The summed E-state index contributed by atoms with van der Waals surface area (Å²) in [4.78, 5) is 0. The van der Waals surface area contributed by atoms with E-state index in [0.717, 1.165) is 5.56 Å². The second-order valence-corrected chi connectivity index (χ2v) is 5.20. The molecule has 0 aromatic heterocycles. The molecule has 1 atom stereocenters. The van der Waals surface area contributed by atoms with Gasteiger partial charge in [-0.2, -0.15) is 0 Å². The first-order valence-corrected chi connectivity index (χ1v) is 7.02. The SMILES string of the molecule is COc1ccc(C(O)Cc2c(C)cccc2C)cc1OC. The van der Waals surface area contributed by atoms with E-state index in [4.69, 9.17) is 9.47 Å². The molecule has 0 aliphatic carbocycles. The summed E-state index contributed by atoms with van der Waals surface area (Å²) < 4.78 is 10.5. The van der Waals surface area contributed by atoms with Crippen molar-refractivity contribution in [3.8, 4) is 11.5 Å². The van der Waals surface area contributed by atoms with Gasteiger partial charge in [0.05, 0.1) is 20.3 Å². The van der Waals surface area contributed by atoms with Crippen LogP contribution >= 0.6 is 0 Å². The van der Waals surface area contributed by atoms with E-state index < -0.39 is 6.10 Å². The van der Waals surface area contributed by atoms with Crippen LogP contribution < -0.4 is 9.47 Å². The molecule has 1 unspecified atom stereocenters. The van der Waals surface area contributed by atoms with E-state index in [-0.39, 0.29) is 0 Å². The Labute approximate surface area is 126 Å². The van der Waals surface area contributed by atoms with Crippen LogP contribution in [0.2, 0.25) is 0 Å². The summed E-state index contributed by atoms with van der Waals surface area (Å²) >= 11 is 0. The van der Waals surface area contributed by atoms with Crippen molar-refractivity contribution in [3.05, 3.63) is 58.7 Å². The summed E-state index contributed by atoms with van der Waals surface area (Å²) in [5.41, 5.74) is 4.43. The zero-order chi connectivity index (χ0) is 15.4. The molecule has 112 valence electrons. The highest BCUT2D eigenvalue weighted by molar-refractivity contribution is 5.44. The zero-order valence-corrected chi connectivity index (χ0v) is 13.0. The van der Waals surface area contributed by atoms with Crippen molar-refractivity contribution in [2.75, 3.05) is 14.2 Å². The van der Waals surface area contributed by atoms with Crippen molar-refractivity contribution in [1.29, 1.82) is 0 Å². The molecule has 0 aliphatic rings. The molecule has 0 saturated carbocycles. The van der Waals surface area contributed by atoms with E-state index in [9.17, 15) is 5.11 Å². The van der Waals surface area contributed by atoms with Crippen molar-refractivity contribution in [2.24, 2.45) is 0 Å². The summed E-state index contributed by atoms with van der Waals surface area (Å²) in [6, 6.07) is 11.7. The van der Waals surface area contributed by atoms with E-state index in [1.54, 1.807) is 14.2 Å². The number of benzene rings is 2. The Hall–Kier alpha value is -2.00. The van der Waals surface area contributed by atoms with Gasteiger partial charge in [0, 0.05) is 6.42 Å². The largest absolute Gasteiger partial charge is 0.493 e. The number of aliphatic hydroxyl groups excluding tert-OH is 1. The number of rotatable bonds is 5. The van der Waals surface area contributed by atoms with E-state index in [1.807, 2.05) is 24.3 Å². The monoisotopic (exact) mass is 286 g/mol. The second-order valence-electron chi connectivity index (χ2n) is 5.20. The fourth-order valence-electron chi connectivity index (χ4n) is 2.54. The lowest BCUT2D eigenvalue weighted by atomic mass is 9.94. The fourth-order valence-corrected chi connectivity index (χ4v) is 2.54. The van der Waals surface area contributed by atoms with Crippen LogP contribution in [0.5, 0.6) is 11.5 Å². The van der Waals surface area contributed by atoms with Crippen LogP contribution in [0.3, 0.4) is 0 Å². The van der Waals surface area contributed by atoms with Crippen LogP contribution in [-0.4, -0.2) is 19.3 Å². The Morgan fingerprint density at radius 3 is 2.14 bits per heavy atom. The number of ether oxygens (including phenoxy) is 2. The third-order valence-electron chi connectivity index (χ3n) is 3.83. The first-order chi connectivity index (χ1) is 10.1. The highest BCUT2D eigenvalue weighted by Gasteiger charge is 2.14. The number of aliphatic hydroxyl groups is 1. The van der Waals surface area contributed by atoms with Crippen LogP contribution in [0.15, 0.2) is 36.4 Å². The van der Waals surface area contributed by atoms with Gasteiger partial charge < -0.3 is 14.6 Å². The molecule has 0 radical (unpaired) electrons.